The molecule has 0 fully saturated rings. The highest BCUT2D eigenvalue weighted by Gasteiger charge is 2.23. The second kappa shape index (κ2) is 3.97. The second-order valence-corrected chi connectivity index (χ2v) is 5.16. The van der Waals surface area contributed by atoms with Crippen molar-refractivity contribution in [2.24, 2.45) is 0 Å². The molecule has 0 aliphatic heterocycles. The largest absolute Gasteiger partial charge is 0.395 e. The van der Waals surface area contributed by atoms with Crippen LogP contribution < -0.4 is 0 Å². The van der Waals surface area contributed by atoms with E-state index in [0.717, 1.165) is 0 Å². The van der Waals surface area contributed by atoms with E-state index in [1.54, 1.807) is 0 Å². The van der Waals surface area contributed by atoms with E-state index in [-0.39, 0.29) is 12.0 Å². The zero-order valence-corrected chi connectivity index (χ0v) is 10.7. The quantitative estimate of drug-likeness (QED) is 0.788. The smallest absolute Gasteiger partial charge is 0.0522 e. The van der Waals surface area contributed by atoms with Gasteiger partial charge in [0.2, 0.25) is 0 Å². The lowest BCUT2D eigenvalue weighted by Gasteiger charge is -2.27. The van der Waals surface area contributed by atoms with Crippen molar-refractivity contribution in [3.05, 3.63) is 33.9 Å². The Hall–Kier alpha value is -0.820. The van der Waals surface area contributed by atoms with E-state index in [2.05, 4.69) is 47.6 Å². The van der Waals surface area contributed by atoms with Crippen molar-refractivity contribution in [1.82, 2.24) is 0 Å². The van der Waals surface area contributed by atoms with Crippen LogP contribution in [0.5, 0.6) is 0 Å². The lowest BCUT2D eigenvalue weighted by molar-refractivity contribution is 0.218. The van der Waals surface area contributed by atoms with Crippen LogP contribution in [0.15, 0.2) is 6.07 Å². The average Bonchev–Trinajstić information content (AvgIpc) is 2.20. The minimum absolute atomic E-state index is 0.146. The van der Waals surface area contributed by atoms with Crippen LogP contribution in [-0.4, -0.2) is 11.7 Å². The predicted octanol–water partition coefficient (Wildman–Crippen LogP) is 3.19. The first kappa shape index (κ1) is 12.3. The third-order valence-electron chi connectivity index (χ3n) is 3.61. The van der Waals surface area contributed by atoms with Gasteiger partial charge in [0.05, 0.1) is 6.61 Å². The summed E-state index contributed by atoms with van der Waals surface area (Å²) in [5.74, 6) is 0. The highest BCUT2D eigenvalue weighted by atomic mass is 16.3. The average molecular weight is 206 g/mol. The van der Waals surface area contributed by atoms with Crippen molar-refractivity contribution in [1.29, 1.82) is 0 Å². The van der Waals surface area contributed by atoms with Crippen LogP contribution in [0.1, 0.15) is 41.7 Å². The summed E-state index contributed by atoms with van der Waals surface area (Å²) in [7, 11) is 0. The van der Waals surface area contributed by atoms with Gasteiger partial charge in [-0.3, -0.25) is 0 Å². The van der Waals surface area contributed by atoms with Crippen molar-refractivity contribution in [3.63, 3.8) is 0 Å². The zero-order chi connectivity index (χ0) is 11.8. The van der Waals surface area contributed by atoms with Crippen molar-refractivity contribution >= 4 is 0 Å². The van der Waals surface area contributed by atoms with Crippen molar-refractivity contribution in [2.45, 2.75) is 47.0 Å². The Labute approximate surface area is 93.1 Å². The predicted molar refractivity (Wildman–Crippen MR) is 65.5 cm³/mol. The molecule has 1 N–H and O–H groups in total. The maximum Gasteiger partial charge on any atom is 0.0522 e. The Morgan fingerprint density at radius 1 is 1.00 bits per heavy atom. The second-order valence-electron chi connectivity index (χ2n) is 5.16. The van der Waals surface area contributed by atoms with Crippen molar-refractivity contribution in [3.8, 4) is 0 Å². The number of hydrogen-bond acceptors (Lipinski definition) is 1. The van der Waals surface area contributed by atoms with E-state index in [9.17, 15) is 5.11 Å². The van der Waals surface area contributed by atoms with E-state index >= 15 is 0 Å². The van der Waals surface area contributed by atoms with Gasteiger partial charge in [0.15, 0.2) is 0 Å². The van der Waals surface area contributed by atoms with Crippen molar-refractivity contribution in [2.75, 3.05) is 6.61 Å². The Morgan fingerprint density at radius 3 is 2.00 bits per heavy atom. The van der Waals surface area contributed by atoms with Gasteiger partial charge < -0.3 is 5.11 Å². The van der Waals surface area contributed by atoms with E-state index in [1.165, 1.54) is 27.8 Å². The van der Waals surface area contributed by atoms with E-state index < -0.39 is 0 Å². The van der Waals surface area contributed by atoms with Gasteiger partial charge in [-0.2, -0.15) is 0 Å². The first-order chi connectivity index (χ1) is 6.81. The third-order valence-corrected chi connectivity index (χ3v) is 3.61. The molecule has 0 saturated heterocycles. The molecule has 1 aromatic rings. The molecule has 0 radical (unpaired) electrons. The molecule has 1 rings (SSSR count). The highest BCUT2D eigenvalue weighted by molar-refractivity contribution is 5.46. The number of benzene rings is 1. The van der Waals surface area contributed by atoms with Crippen LogP contribution >= 0.6 is 0 Å². The third kappa shape index (κ3) is 2.07. The van der Waals surface area contributed by atoms with E-state index in [4.69, 9.17) is 0 Å². The molecule has 15 heavy (non-hydrogen) atoms. The first-order valence-electron chi connectivity index (χ1n) is 5.50. The van der Waals surface area contributed by atoms with Crippen LogP contribution in [-0.2, 0) is 5.41 Å². The topological polar surface area (TPSA) is 20.2 Å². The molecule has 0 spiro atoms. The molecule has 0 bridgehead atoms. The maximum absolute atomic E-state index is 9.42. The summed E-state index contributed by atoms with van der Waals surface area (Å²) < 4.78 is 0. The molecule has 0 atom stereocenters. The molecule has 1 nitrogen and oxygen atoms in total. The fraction of sp³-hybridized carbons (Fsp3) is 0.571. The first-order valence-corrected chi connectivity index (χ1v) is 5.50. The van der Waals surface area contributed by atoms with Gasteiger partial charge >= 0.3 is 0 Å². The number of rotatable bonds is 2. The summed E-state index contributed by atoms with van der Waals surface area (Å²) in [5, 5.41) is 9.42. The van der Waals surface area contributed by atoms with Crippen LogP contribution in [0.4, 0.5) is 0 Å². The van der Waals surface area contributed by atoms with Crippen LogP contribution in [0.25, 0.3) is 0 Å². The number of aryl methyl sites for hydroxylation is 1. The van der Waals surface area contributed by atoms with Gasteiger partial charge in [0.1, 0.15) is 0 Å². The van der Waals surface area contributed by atoms with E-state index in [0.29, 0.717) is 0 Å². The molecule has 84 valence electrons. The number of aliphatic hydroxyl groups excluding tert-OH is 1. The molecule has 0 saturated carbocycles. The summed E-state index contributed by atoms with van der Waals surface area (Å²) in [4.78, 5) is 0. The fourth-order valence-electron chi connectivity index (χ4n) is 2.00. The summed E-state index contributed by atoms with van der Waals surface area (Å²) in [6.07, 6.45) is 0. The summed E-state index contributed by atoms with van der Waals surface area (Å²) in [6.45, 7) is 13.0. The van der Waals surface area contributed by atoms with Crippen molar-refractivity contribution < 1.29 is 5.11 Å². The molecule has 0 unspecified atom stereocenters. The Balaban J connectivity index is 3.45. The van der Waals surface area contributed by atoms with Gasteiger partial charge in [-0.05, 0) is 55.5 Å². The van der Waals surface area contributed by atoms with Gasteiger partial charge in [0, 0.05) is 5.41 Å². The van der Waals surface area contributed by atoms with Crippen LogP contribution in [0.2, 0.25) is 0 Å². The van der Waals surface area contributed by atoms with Gasteiger partial charge in [-0.1, -0.05) is 19.9 Å². The fourth-order valence-corrected chi connectivity index (χ4v) is 2.00. The molecular formula is C14H22O. The number of hydrogen-bond donors (Lipinski definition) is 1. The lowest BCUT2D eigenvalue weighted by Crippen LogP contribution is -2.24. The molecule has 0 aliphatic carbocycles. The molecule has 1 heteroatoms. The molecular weight excluding hydrogens is 184 g/mol. The zero-order valence-electron chi connectivity index (χ0n) is 10.7. The van der Waals surface area contributed by atoms with Crippen LogP contribution in [0, 0.1) is 27.7 Å². The standard InChI is InChI=1S/C14H22O/c1-9-7-13(14(5,6)8-15)12(4)11(3)10(9)2/h7,15H,8H2,1-6H3. The normalized spacial score (nSPS) is 11.9. The molecule has 0 aliphatic rings. The maximum atomic E-state index is 9.42. The Bertz CT molecular complexity index is 375. The summed E-state index contributed by atoms with van der Waals surface area (Å²) in [6, 6.07) is 2.22. The summed E-state index contributed by atoms with van der Waals surface area (Å²) >= 11 is 0. The Kier molecular flexibility index (Phi) is 3.25. The minimum Gasteiger partial charge on any atom is -0.395 e. The minimum atomic E-state index is -0.146. The number of aliphatic hydroxyl groups is 1. The molecule has 0 heterocycles. The van der Waals surface area contributed by atoms with E-state index in [1.807, 2.05) is 0 Å². The highest BCUT2D eigenvalue weighted by Crippen LogP contribution is 2.30. The molecule has 1 aromatic carbocycles. The van der Waals surface area contributed by atoms with Crippen LogP contribution in [0.3, 0.4) is 0 Å². The Morgan fingerprint density at radius 2 is 1.53 bits per heavy atom. The monoisotopic (exact) mass is 206 g/mol. The van der Waals surface area contributed by atoms with Gasteiger partial charge in [-0.25, -0.2) is 0 Å². The van der Waals surface area contributed by atoms with Gasteiger partial charge in [-0.15, -0.1) is 0 Å². The molecule has 0 aromatic heterocycles. The van der Waals surface area contributed by atoms with Gasteiger partial charge in [0.25, 0.3) is 0 Å². The SMILES string of the molecule is Cc1cc(C(C)(C)CO)c(C)c(C)c1C. The molecule has 0 amide bonds. The summed E-state index contributed by atoms with van der Waals surface area (Å²) in [5.41, 5.74) is 6.47. The lowest BCUT2D eigenvalue weighted by atomic mass is 9.79.